The molecule has 0 aromatic heterocycles. The van der Waals surface area contributed by atoms with Crippen molar-refractivity contribution in [1.29, 1.82) is 0 Å². The third kappa shape index (κ3) is 5.01. The Morgan fingerprint density at radius 1 is 0.741 bits per heavy atom. The fourth-order valence-electron chi connectivity index (χ4n) is 2.21. The molecule has 0 fully saturated rings. The summed E-state index contributed by atoms with van der Waals surface area (Å²) in [5.41, 5.74) is 1.08. The van der Waals surface area contributed by atoms with E-state index in [1.54, 1.807) is 48.5 Å². The van der Waals surface area contributed by atoms with E-state index in [9.17, 15) is 9.59 Å². The van der Waals surface area contributed by atoms with E-state index in [-0.39, 0.29) is 11.7 Å². The zero-order valence-corrected chi connectivity index (χ0v) is 16.0. The minimum absolute atomic E-state index is 0.241. The van der Waals surface area contributed by atoms with Crippen LogP contribution in [0.15, 0.2) is 66.7 Å². The second-order valence-corrected chi connectivity index (χ2v) is 6.78. The summed E-state index contributed by atoms with van der Waals surface area (Å²) in [6.45, 7) is 0. The van der Waals surface area contributed by atoms with Gasteiger partial charge >= 0.3 is 5.97 Å². The molecule has 0 atom stereocenters. The topological polar surface area (TPSA) is 55.4 Å². The van der Waals surface area contributed by atoms with E-state index in [1.807, 2.05) is 0 Å². The normalized spacial score (nSPS) is 10.3. The van der Waals surface area contributed by atoms with Crippen LogP contribution in [0.1, 0.15) is 20.7 Å². The number of rotatable bonds is 4. The van der Waals surface area contributed by atoms with Gasteiger partial charge in [-0.1, -0.05) is 34.8 Å². The van der Waals surface area contributed by atoms with Crippen LogP contribution in [0, 0.1) is 0 Å². The summed E-state index contributed by atoms with van der Waals surface area (Å²) in [4.78, 5) is 24.5. The van der Waals surface area contributed by atoms with Gasteiger partial charge in [0.2, 0.25) is 0 Å². The second kappa shape index (κ2) is 8.44. The number of ether oxygens (including phenoxy) is 1. The fourth-order valence-corrected chi connectivity index (χ4v) is 2.63. The Balaban J connectivity index is 1.75. The van der Waals surface area contributed by atoms with Gasteiger partial charge in [-0.15, -0.1) is 0 Å². The Labute approximate surface area is 170 Å². The van der Waals surface area contributed by atoms with Crippen molar-refractivity contribution >= 4 is 52.4 Å². The molecule has 7 heteroatoms. The molecule has 3 aromatic carbocycles. The molecule has 0 saturated carbocycles. The van der Waals surface area contributed by atoms with E-state index in [1.165, 1.54) is 18.2 Å². The highest BCUT2D eigenvalue weighted by atomic mass is 35.5. The number of carbonyl (C=O) groups is 2. The van der Waals surface area contributed by atoms with Crippen molar-refractivity contribution in [2.24, 2.45) is 0 Å². The van der Waals surface area contributed by atoms with Crippen LogP contribution in [0.2, 0.25) is 15.1 Å². The first-order chi connectivity index (χ1) is 12.9. The van der Waals surface area contributed by atoms with Crippen molar-refractivity contribution in [1.82, 2.24) is 0 Å². The summed E-state index contributed by atoms with van der Waals surface area (Å²) in [6, 6.07) is 17.3. The van der Waals surface area contributed by atoms with Gasteiger partial charge in [0.25, 0.3) is 5.91 Å². The summed E-state index contributed by atoms with van der Waals surface area (Å²) in [7, 11) is 0. The van der Waals surface area contributed by atoms with Crippen LogP contribution in [0.4, 0.5) is 5.69 Å². The largest absolute Gasteiger partial charge is 0.423 e. The molecule has 0 aliphatic carbocycles. The van der Waals surface area contributed by atoms with Crippen LogP contribution in [-0.2, 0) is 0 Å². The van der Waals surface area contributed by atoms with E-state index < -0.39 is 5.97 Å². The van der Waals surface area contributed by atoms with Crippen LogP contribution < -0.4 is 10.1 Å². The highest BCUT2D eigenvalue weighted by molar-refractivity contribution is 6.34. The molecule has 0 aliphatic rings. The number of hydrogen-bond acceptors (Lipinski definition) is 3. The molecule has 0 heterocycles. The second-order valence-electron chi connectivity index (χ2n) is 5.50. The van der Waals surface area contributed by atoms with Crippen LogP contribution in [0.25, 0.3) is 0 Å². The van der Waals surface area contributed by atoms with Crippen molar-refractivity contribution in [3.63, 3.8) is 0 Å². The summed E-state index contributed by atoms with van der Waals surface area (Å²) in [5, 5.41) is 4.04. The fraction of sp³-hybridized carbons (Fsp3) is 0. The van der Waals surface area contributed by atoms with Gasteiger partial charge in [-0.25, -0.2) is 4.79 Å². The Kier molecular flexibility index (Phi) is 6.01. The summed E-state index contributed by atoms with van der Waals surface area (Å²) < 4.78 is 5.33. The minimum Gasteiger partial charge on any atom is -0.423 e. The minimum atomic E-state index is -0.552. The van der Waals surface area contributed by atoms with Gasteiger partial charge < -0.3 is 10.1 Å². The SMILES string of the molecule is O=C(Nc1cc(OC(=O)c2ccc(Cl)cc2)ccc1Cl)c1ccc(Cl)cc1. The first-order valence-corrected chi connectivity index (χ1v) is 8.90. The number of halogens is 3. The summed E-state index contributed by atoms with van der Waals surface area (Å²) >= 11 is 17.8. The van der Waals surface area contributed by atoms with E-state index in [0.717, 1.165) is 0 Å². The summed E-state index contributed by atoms with van der Waals surface area (Å²) in [5.74, 6) is -0.676. The maximum Gasteiger partial charge on any atom is 0.343 e. The number of nitrogens with one attached hydrogen (secondary N) is 1. The van der Waals surface area contributed by atoms with E-state index in [2.05, 4.69) is 5.32 Å². The van der Waals surface area contributed by atoms with E-state index in [4.69, 9.17) is 39.5 Å². The first kappa shape index (κ1) is 19.2. The monoisotopic (exact) mass is 419 g/mol. The quantitative estimate of drug-likeness (QED) is 0.409. The molecular formula is C20H12Cl3NO3. The molecule has 27 heavy (non-hydrogen) atoms. The Hall–Kier alpha value is -2.53. The first-order valence-electron chi connectivity index (χ1n) is 7.76. The number of carbonyl (C=O) groups excluding carboxylic acids is 2. The molecule has 0 saturated heterocycles. The molecule has 0 spiro atoms. The Morgan fingerprint density at radius 2 is 1.30 bits per heavy atom. The van der Waals surface area contributed by atoms with Gasteiger partial charge in [-0.3, -0.25) is 4.79 Å². The van der Waals surface area contributed by atoms with Gasteiger partial charge in [0, 0.05) is 21.7 Å². The maximum atomic E-state index is 12.3. The van der Waals surface area contributed by atoms with Crippen LogP contribution in [0.3, 0.4) is 0 Å². The number of amides is 1. The predicted octanol–water partition coefficient (Wildman–Crippen LogP) is 6.12. The van der Waals surface area contributed by atoms with Gasteiger partial charge in [-0.05, 0) is 60.7 Å². The molecule has 0 radical (unpaired) electrons. The molecule has 1 amide bonds. The molecule has 0 bridgehead atoms. The highest BCUT2D eigenvalue weighted by Gasteiger charge is 2.13. The van der Waals surface area contributed by atoms with E-state index >= 15 is 0 Å². The average Bonchev–Trinajstić information content (AvgIpc) is 2.65. The van der Waals surface area contributed by atoms with Crippen molar-refractivity contribution in [2.45, 2.75) is 0 Å². The smallest absolute Gasteiger partial charge is 0.343 e. The number of benzene rings is 3. The van der Waals surface area contributed by atoms with E-state index in [0.29, 0.717) is 31.9 Å². The zero-order valence-electron chi connectivity index (χ0n) is 13.7. The standard InChI is InChI=1S/C20H12Cl3NO3/c21-14-5-1-12(2-6-14)19(25)24-18-11-16(9-10-17(18)23)27-20(26)13-3-7-15(22)8-4-13/h1-11H,(H,24,25). The molecule has 1 N–H and O–H groups in total. The van der Waals surface area contributed by atoms with Gasteiger partial charge in [0.05, 0.1) is 16.3 Å². The molecule has 136 valence electrons. The lowest BCUT2D eigenvalue weighted by Crippen LogP contribution is -2.13. The van der Waals surface area contributed by atoms with Crippen LogP contribution >= 0.6 is 34.8 Å². The van der Waals surface area contributed by atoms with Crippen LogP contribution in [0.5, 0.6) is 5.75 Å². The lowest BCUT2D eigenvalue weighted by Gasteiger charge is -2.10. The lowest BCUT2D eigenvalue weighted by molar-refractivity contribution is 0.0735. The highest BCUT2D eigenvalue weighted by Crippen LogP contribution is 2.28. The maximum absolute atomic E-state index is 12.3. The molecular weight excluding hydrogens is 409 g/mol. The zero-order chi connectivity index (χ0) is 19.4. The lowest BCUT2D eigenvalue weighted by atomic mass is 10.2. The third-order valence-corrected chi connectivity index (χ3v) is 4.42. The Bertz CT molecular complexity index is 986. The predicted molar refractivity (Wildman–Crippen MR) is 107 cm³/mol. The molecule has 0 unspecified atom stereocenters. The molecule has 3 aromatic rings. The summed E-state index contributed by atoms with van der Waals surface area (Å²) in [6.07, 6.45) is 0. The van der Waals surface area contributed by atoms with Crippen molar-refractivity contribution in [2.75, 3.05) is 5.32 Å². The van der Waals surface area contributed by atoms with Crippen molar-refractivity contribution in [3.05, 3.63) is 92.9 Å². The Morgan fingerprint density at radius 3 is 1.89 bits per heavy atom. The number of esters is 1. The molecule has 3 rings (SSSR count). The number of anilines is 1. The van der Waals surface area contributed by atoms with Gasteiger partial charge in [0.15, 0.2) is 0 Å². The molecule has 0 aliphatic heterocycles. The van der Waals surface area contributed by atoms with Crippen molar-refractivity contribution in [3.8, 4) is 5.75 Å². The molecule has 4 nitrogen and oxygen atoms in total. The average molecular weight is 421 g/mol. The number of hydrogen-bond donors (Lipinski definition) is 1. The third-order valence-electron chi connectivity index (χ3n) is 3.58. The van der Waals surface area contributed by atoms with Crippen molar-refractivity contribution < 1.29 is 14.3 Å². The van der Waals surface area contributed by atoms with Gasteiger partial charge in [-0.2, -0.15) is 0 Å². The van der Waals surface area contributed by atoms with Gasteiger partial charge in [0.1, 0.15) is 5.75 Å². The van der Waals surface area contributed by atoms with Crippen LogP contribution in [-0.4, -0.2) is 11.9 Å².